The van der Waals surface area contributed by atoms with Crippen LogP contribution in [0.2, 0.25) is 0 Å². The van der Waals surface area contributed by atoms with Crippen molar-refractivity contribution in [1.82, 2.24) is 0 Å². The van der Waals surface area contributed by atoms with E-state index in [1.165, 1.54) is 12.1 Å². The van der Waals surface area contributed by atoms with Gasteiger partial charge in [-0.05, 0) is 72.9 Å². The fourth-order valence-electron chi connectivity index (χ4n) is 4.49. The van der Waals surface area contributed by atoms with E-state index >= 15 is 0 Å². The first-order valence-corrected chi connectivity index (χ1v) is 12.2. The number of rotatable bonds is 6. The molecule has 1 atom stereocenters. The summed E-state index contributed by atoms with van der Waals surface area (Å²) >= 11 is 0. The molecule has 0 radical (unpaired) electrons. The number of halogens is 3. The minimum Gasteiger partial charge on any atom is -0.507 e. The number of hydrogen-bond donors (Lipinski definition) is 1. The second-order valence-corrected chi connectivity index (χ2v) is 9.76. The molecule has 0 saturated carbocycles. The van der Waals surface area contributed by atoms with Crippen molar-refractivity contribution in [3.63, 3.8) is 0 Å². The van der Waals surface area contributed by atoms with Crippen LogP contribution in [0.15, 0.2) is 72.3 Å². The Balaban J connectivity index is 1.89. The number of Topliss-reactive ketones (excluding diaryl/α,β-unsaturated/α-hetero) is 1. The molecule has 0 spiro atoms. The van der Waals surface area contributed by atoms with Crippen molar-refractivity contribution < 1.29 is 32.6 Å². The molecule has 198 valence electrons. The Morgan fingerprint density at radius 3 is 2.32 bits per heavy atom. The number of ether oxygens (including phenoxy) is 1. The quantitative estimate of drug-likeness (QED) is 0.215. The zero-order valence-electron chi connectivity index (χ0n) is 21.5. The van der Waals surface area contributed by atoms with Crippen LogP contribution in [-0.4, -0.2) is 23.4 Å². The molecule has 0 aliphatic carbocycles. The van der Waals surface area contributed by atoms with E-state index < -0.39 is 35.2 Å². The summed E-state index contributed by atoms with van der Waals surface area (Å²) in [7, 11) is 0. The predicted octanol–water partition coefficient (Wildman–Crippen LogP) is 6.98. The zero-order chi connectivity index (χ0) is 27.8. The second-order valence-electron chi connectivity index (χ2n) is 9.76. The minimum atomic E-state index is -4.64. The summed E-state index contributed by atoms with van der Waals surface area (Å²) < 4.78 is 46.2. The molecule has 8 heteroatoms. The lowest BCUT2D eigenvalue weighted by Gasteiger charge is -2.27. The third kappa shape index (κ3) is 5.16. The number of nitrogens with zero attached hydrogens (tertiary/aromatic N) is 1. The molecule has 1 amide bonds. The number of ketones is 1. The summed E-state index contributed by atoms with van der Waals surface area (Å²) in [5, 5.41) is 11.4. The SMILES string of the molecule is Cc1cc(/C(O)=C2\C(=O)C(=O)N(c3cccc(C(F)(F)F)c3)C2c2ccccc2C)ccc1OCC(C)C. The topological polar surface area (TPSA) is 66.8 Å². The number of hydrogen-bond acceptors (Lipinski definition) is 4. The Morgan fingerprint density at radius 2 is 1.68 bits per heavy atom. The van der Waals surface area contributed by atoms with Crippen LogP contribution in [0, 0.1) is 19.8 Å². The van der Waals surface area contributed by atoms with Gasteiger partial charge in [0, 0.05) is 11.3 Å². The molecule has 0 bridgehead atoms. The maximum absolute atomic E-state index is 13.5. The number of alkyl halides is 3. The van der Waals surface area contributed by atoms with Gasteiger partial charge in [-0.25, -0.2) is 0 Å². The molecule has 3 aromatic carbocycles. The number of aliphatic hydroxyl groups excluding tert-OH is 1. The van der Waals surface area contributed by atoms with Crippen LogP contribution in [0.5, 0.6) is 5.75 Å². The third-order valence-electron chi connectivity index (χ3n) is 6.40. The highest BCUT2D eigenvalue weighted by Gasteiger charge is 2.47. The monoisotopic (exact) mass is 523 g/mol. The minimum absolute atomic E-state index is 0.0946. The number of aliphatic hydroxyl groups is 1. The third-order valence-corrected chi connectivity index (χ3v) is 6.40. The van der Waals surface area contributed by atoms with E-state index in [0.29, 0.717) is 40.5 Å². The first kappa shape index (κ1) is 27.0. The van der Waals surface area contributed by atoms with Crippen LogP contribution >= 0.6 is 0 Å². The molecule has 1 heterocycles. The molecule has 1 unspecified atom stereocenters. The normalized spacial score (nSPS) is 17.4. The van der Waals surface area contributed by atoms with Gasteiger partial charge < -0.3 is 9.84 Å². The van der Waals surface area contributed by atoms with Gasteiger partial charge in [-0.1, -0.05) is 44.2 Å². The number of benzene rings is 3. The fraction of sp³-hybridized carbons (Fsp3) is 0.267. The highest BCUT2D eigenvalue weighted by molar-refractivity contribution is 6.51. The van der Waals surface area contributed by atoms with Crippen LogP contribution in [0.4, 0.5) is 18.9 Å². The van der Waals surface area contributed by atoms with Crippen LogP contribution in [0.25, 0.3) is 5.76 Å². The number of anilines is 1. The number of carbonyl (C=O) groups is 2. The van der Waals surface area contributed by atoms with E-state index in [1.54, 1.807) is 56.3 Å². The molecule has 1 saturated heterocycles. The van der Waals surface area contributed by atoms with Crippen molar-refractivity contribution in [2.75, 3.05) is 11.5 Å². The molecule has 1 aliphatic heterocycles. The van der Waals surface area contributed by atoms with E-state index in [1.807, 2.05) is 13.8 Å². The maximum atomic E-state index is 13.5. The lowest BCUT2D eigenvalue weighted by atomic mass is 9.92. The van der Waals surface area contributed by atoms with E-state index in [2.05, 4.69) is 0 Å². The summed E-state index contributed by atoms with van der Waals surface area (Å²) in [4.78, 5) is 27.7. The summed E-state index contributed by atoms with van der Waals surface area (Å²) in [6, 6.07) is 15.0. The van der Waals surface area contributed by atoms with Crippen molar-refractivity contribution in [2.45, 2.75) is 39.9 Å². The van der Waals surface area contributed by atoms with Crippen molar-refractivity contribution in [2.24, 2.45) is 5.92 Å². The number of amides is 1. The molecule has 4 rings (SSSR count). The summed E-state index contributed by atoms with van der Waals surface area (Å²) in [6.45, 7) is 8.11. The standard InChI is InChI=1S/C30H28F3NO4/c1-17(2)16-38-24-13-12-20(14-19(24)4)27(35)25-26(23-11-6-5-8-18(23)3)34(29(37)28(25)36)22-10-7-9-21(15-22)30(31,32)33/h5-15,17,26,35H,16H2,1-4H3/b27-25+. The number of aryl methyl sites for hydroxylation is 2. The first-order chi connectivity index (χ1) is 17.9. The molecule has 0 aromatic heterocycles. The van der Waals surface area contributed by atoms with E-state index in [4.69, 9.17) is 4.74 Å². The fourth-order valence-corrected chi connectivity index (χ4v) is 4.49. The predicted molar refractivity (Wildman–Crippen MR) is 139 cm³/mol. The molecule has 3 aromatic rings. The average Bonchev–Trinajstić information content (AvgIpc) is 3.12. The van der Waals surface area contributed by atoms with Crippen molar-refractivity contribution in [3.8, 4) is 5.75 Å². The summed E-state index contributed by atoms with van der Waals surface area (Å²) in [5.41, 5.74) is 0.984. The highest BCUT2D eigenvalue weighted by atomic mass is 19.4. The van der Waals surface area contributed by atoms with E-state index in [9.17, 15) is 27.9 Å². The molecule has 1 N–H and O–H groups in total. The Morgan fingerprint density at radius 1 is 0.974 bits per heavy atom. The van der Waals surface area contributed by atoms with Crippen molar-refractivity contribution in [3.05, 3.63) is 100 Å². The van der Waals surface area contributed by atoms with Gasteiger partial charge in [0.1, 0.15) is 11.5 Å². The average molecular weight is 524 g/mol. The largest absolute Gasteiger partial charge is 0.507 e. The van der Waals surface area contributed by atoms with Gasteiger partial charge in [-0.3, -0.25) is 14.5 Å². The second kappa shape index (κ2) is 10.4. The van der Waals surface area contributed by atoms with Crippen LogP contribution in [-0.2, 0) is 15.8 Å². The molecule has 38 heavy (non-hydrogen) atoms. The molecule has 1 fully saturated rings. The number of carbonyl (C=O) groups excluding carboxylic acids is 2. The van der Waals surface area contributed by atoms with Gasteiger partial charge in [-0.15, -0.1) is 0 Å². The van der Waals surface area contributed by atoms with Crippen LogP contribution < -0.4 is 9.64 Å². The zero-order valence-corrected chi connectivity index (χ0v) is 21.5. The smallest absolute Gasteiger partial charge is 0.416 e. The van der Waals surface area contributed by atoms with E-state index in [-0.39, 0.29) is 11.3 Å². The van der Waals surface area contributed by atoms with Crippen LogP contribution in [0.1, 0.15) is 47.7 Å². The molecule has 5 nitrogen and oxygen atoms in total. The highest BCUT2D eigenvalue weighted by Crippen LogP contribution is 2.44. The Kier molecular flexibility index (Phi) is 7.35. The van der Waals surface area contributed by atoms with Gasteiger partial charge in [0.05, 0.1) is 23.8 Å². The van der Waals surface area contributed by atoms with Gasteiger partial charge in [0.25, 0.3) is 11.7 Å². The summed E-state index contributed by atoms with van der Waals surface area (Å²) in [6.07, 6.45) is -4.64. The Labute approximate surface area is 219 Å². The van der Waals surface area contributed by atoms with Crippen molar-refractivity contribution in [1.29, 1.82) is 0 Å². The molecular weight excluding hydrogens is 495 g/mol. The van der Waals surface area contributed by atoms with Gasteiger partial charge in [0.15, 0.2) is 0 Å². The molecular formula is C30H28F3NO4. The van der Waals surface area contributed by atoms with Gasteiger partial charge in [0.2, 0.25) is 0 Å². The lowest BCUT2D eigenvalue weighted by Crippen LogP contribution is -2.30. The summed E-state index contributed by atoms with van der Waals surface area (Å²) in [5.74, 6) is -1.48. The van der Waals surface area contributed by atoms with Crippen molar-refractivity contribution >= 4 is 23.1 Å². The Bertz CT molecular complexity index is 1420. The molecule has 1 aliphatic rings. The lowest BCUT2D eigenvalue weighted by molar-refractivity contribution is -0.137. The van der Waals surface area contributed by atoms with E-state index in [0.717, 1.165) is 17.0 Å². The Hall–Kier alpha value is -4.07. The maximum Gasteiger partial charge on any atom is 0.416 e. The van der Waals surface area contributed by atoms with Gasteiger partial charge >= 0.3 is 6.18 Å². The van der Waals surface area contributed by atoms with Gasteiger partial charge in [-0.2, -0.15) is 13.2 Å². The first-order valence-electron chi connectivity index (χ1n) is 12.2. The van der Waals surface area contributed by atoms with Crippen LogP contribution in [0.3, 0.4) is 0 Å².